The fourth-order valence-corrected chi connectivity index (χ4v) is 5.90. The first kappa shape index (κ1) is 28.8. The fraction of sp³-hybridized carbons (Fsp3) is 0.205. The highest BCUT2D eigenvalue weighted by molar-refractivity contribution is 6.31. The molecule has 0 unspecified atom stereocenters. The van der Waals surface area contributed by atoms with E-state index in [1.807, 2.05) is 60.7 Å². The zero-order valence-corrected chi connectivity index (χ0v) is 26.4. The second-order valence-corrected chi connectivity index (χ2v) is 13.8. The van der Waals surface area contributed by atoms with E-state index in [1.165, 1.54) is 11.1 Å². The summed E-state index contributed by atoms with van der Waals surface area (Å²) in [6.07, 6.45) is 0. The molecule has 43 heavy (non-hydrogen) atoms. The van der Waals surface area contributed by atoms with Crippen molar-refractivity contribution in [2.75, 3.05) is 9.80 Å². The SMILES string of the molecule is CC(C)(C)c1ccc(N2c3cccc(c3)C(=O)c3cccc(c3)N(c3ccc(C(C)(C)C)cc3)c3cc(Cl)cc2c3)cc1. The molecule has 0 saturated carbocycles. The van der Waals surface area contributed by atoms with Gasteiger partial charge in [-0.2, -0.15) is 0 Å². The van der Waals surface area contributed by atoms with Crippen molar-refractivity contribution in [1.82, 2.24) is 0 Å². The van der Waals surface area contributed by atoms with Crippen LogP contribution in [0.5, 0.6) is 0 Å². The Bertz CT molecular complexity index is 1680. The molecule has 5 aromatic rings. The van der Waals surface area contributed by atoms with Gasteiger partial charge in [0.15, 0.2) is 5.78 Å². The summed E-state index contributed by atoms with van der Waals surface area (Å²) in [6, 6.07) is 39.1. The zero-order valence-electron chi connectivity index (χ0n) is 25.7. The summed E-state index contributed by atoms with van der Waals surface area (Å²) < 4.78 is 0. The highest BCUT2D eigenvalue weighted by atomic mass is 35.5. The average molecular weight is 585 g/mol. The van der Waals surface area contributed by atoms with Crippen molar-refractivity contribution in [2.45, 2.75) is 52.4 Å². The highest BCUT2D eigenvalue weighted by Gasteiger charge is 2.23. The van der Waals surface area contributed by atoms with E-state index in [-0.39, 0.29) is 16.6 Å². The molecule has 0 amide bonds. The molecule has 6 rings (SSSR count). The molecule has 3 nitrogen and oxygen atoms in total. The molecule has 0 aliphatic carbocycles. The summed E-state index contributed by atoms with van der Waals surface area (Å²) in [4.78, 5) is 18.2. The van der Waals surface area contributed by atoms with E-state index in [1.54, 1.807) is 0 Å². The molecule has 4 heteroatoms. The van der Waals surface area contributed by atoms with Gasteiger partial charge in [-0.15, -0.1) is 0 Å². The van der Waals surface area contributed by atoms with Gasteiger partial charge in [-0.3, -0.25) is 4.79 Å². The molecule has 1 aliphatic heterocycles. The minimum absolute atomic E-state index is 0.0166. The van der Waals surface area contributed by atoms with Gasteiger partial charge >= 0.3 is 0 Å². The van der Waals surface area contributed by atoms with Crippen LogP contribution in [0.1, 0.15) is 68.6 Å². The van der Waals surface area contributed by atoms with E-state index in [9.17, 15) is 4.79 Å². The second-order valence-electron chi connectivity index (χ2n) is 13.4. The lowest BCUT2D eigenvalue weighted by Crippen LogP contribution is -2.16. The molecule has 0 atom stereocenters. The van der Waals surface area contributed by atoms with E-state index in [4.69, 9.17) is 11.6 Å². The molecule has 0 N–H and O–H groups in total. The van der Waals surface area contributed by atoms with Crippen molar-refractivity contribution >= 4 is 51.5 Å². The van der Waals surface area contributed by atoms with E-state index in [0.717, 1.165) is 34.1 Å². The lowest BCUT2D eigenvalue weighted by molar-refractivity contribution is 0.103. The smallest absolute Gasteiger partial charge is 0.193 e. The van der Waals surface area contributed by atoms with Gasteiger partial charge in [0, 0.05) is 50.3 Å². The van der Waals surface area contributed by atoms with Crippen LogP contribution in [-0.4, -0.2) is 5.78 Å². The van der Waals surface area contributed by atoms with Gasteiger partial charge in [-0.25, -0.2) is 0 Å². The van der Waals surface area contributed by atoms with Gasteiger partial charge in [0.2, 0.25) is 0 Å². The number of anilines is 6. The first-order chi connectivity index (χ1) is 20.4. The molecule has 0 aromatic heterocycles. The average Bonchev–Trinajstić information content (AvgIpc) is 2.96. The van der Waals surface area contributed by atoms with Crippen molar-refractivity contribution in [1.29, 1.82) is 0 Å². The summed E-state index contributed by atoms with van der Waals surface area (Å²) in [6.45, 7) is 13.3. The van der Waals surface area contributed by atoms with Gasteiger partial charge in [0.05, 0.1) is 0 Å². The second kappa shape index (κ2) is 10.7. The number of fused-ring (bicyclic) bond motifs is 6. The molecular weight excluding hydrogens is 548 g/mol. The largest absolute Gasteiger partial charge is 0.310 e. The molecule has 1 heterocycles. The minimum atomic E-state index is -0.0166. The zero-order chi connectivity index (χ0) is 30.5. The van der Waals surface area contributed by atoms with Crippen LogP contribution in [0, 0.1) is 0 Å². The lowest BCUT2D eigenvalue weighted by Gasteiger charge is -2.31. The quantitative estimate of drug-likeness (QED) is 0.202. The topological polar surface area (TPSA) is 23.6 Å². The summed E-state index contributed by atoms with van der Waals surface area (Å²) in [5.41, 5.74) is 9.41. The van der Waals surface area contributed by atoms with Crippen molar-refractivity contribution in [3.05, 3.63) is 143 Å². The normalized spacial score (nSPS) is 13.4. The molecule has 6 bridgehead atoms. The summed E-state index contributed by atoms with van der Waals surface area (Å²) >= 11 is 6.92. The predicted octanol–water partition coefficient (Wildman–Crippen LogP) is 11.4. The molecule has 0 saturated heterocycles. The summed E-state index contributed by atoms with van der Waals surface area (Å²) in [5, 5.41) is 0.626. The lowest BCUT2D eigenvalue weighted by atomic mass is 9.87. The van der Waals surface area contributed by atoms with Crippen LogP contribution in [0.4, 0.5) is 34.1 Å². The molecule has 5 aromatic carbocycles. The third-order valence-corrected chi connectivity index (χ3v) is 8.32. The van der Waals surface area contributed by atoms with Crippen molar-refractivity contribution in [3.63, 3.8) is 0 Å². The van der Waals surface area contributed by atoms with Crippen LogP contribution in [0.15, 0.2) is 115 Å². The number of rotatable bonds is 2. The van der Waals surface area contributed by atoms with Crippen LogP contribution >= 0.6 is 11.6 Å². The van der Waals surface area contributed by atoms with Gasteiger partial charge in [-0.1, -0.05) is 102 Å². The molecule has 0 spiro atoms. The number of benzene rings is 5. The molecular formula is C39H37ClN2O. The molecule has 0 radical (unpaired) electrons. The number of halogens is 1. The van der Waals surface area contributed by atoms with Crippen molar-refractivity contribution < 1.29 is 4.79 Å². The fourth-order valence-electron chi connectivity index (χ4n) is 5.67. The summed E-state index contributed by atoms with van der Waals surface area (Å²) in [5.74, 6) is -0.0166. The van der Waals surface area contributed by atoms with E-state index in [0.29, 0.717) is 16.1 Å². The Morgan fingerprint density at radius 1 is 0.465 bits per heavy atom. The first-order valence-electron chi connectivity index (χ1n) is 14.8. The maximum Gasteiger partial charge on any atom is 0.193 e. The first-order valence-corrected chi connectivity index (χ1v) is 15.1. The maximum atomic E-state index is 13.9. The number of hydrogen-bond acceptors (Lipinski definition) is 3. The van der Waals surface area contributed by atoms with Crippen LogP contribution < -0.4 is 9.80 Å². The van der Waals surface area contributed by atoms with Crippen molar-refractivity contribution in [3.8, 4) is 0 Å². The number of ketones is 1. The van der Waals surface area contributed by atoms with Crippen LogP contribution in [-0.2, 0) is 10.8 Å². The minimum Gasteiger partial charge on any atom is -0.310 e. The number of hydrogen-bond donors (Lipinski definition) is 0. The van der Waals surface area contributed by atoms with Crippen molar-refractivity contribution in [2.24, 2.45) is 0 Å². The Balaban J connectivity index is 1.61. The Morgan fingerprint density at radius 2 is 0.860 bits per heavy atom. The highest BCUT2D eigenvalue weighted by Crippen LogP contribution is 2.43. The van der Waals surface area contributed by atoms with E-state index >= 15 is 0 Å². The van der Waals surface area contributed by atoms with E-state index < -0.39 is 0 Å². The van der Waals surface area contributed by atoms with Crippen LogP contribution in [0.25, 0.3) is 0 Å². The Morgan fingerprint density at radius 3 is 1.23 bits per heavy atom. The molecule has 1 aliphatic rings. The standard InChI is InChI=1S/C39H37ClN2O/c1-38(2,3)28-13-17-31(18-14-28)41-33-11-7-9-26(21-33)37(43)27-10-8-12-34(22-27)42(36-24-30(40)23-35(41)25-36)32-19-15-29(16-20-32)39(4,5)6/h7-25H,1-6H3. The summed E-state index contributed by atoms with van der Waals surface area (Å²) in [7, 11) is 0. The number of carbonyl (C=O) groups excluding carboxylic acids is 1. The Labute approximate surface area is 260 Å². The predicted molar refractivity (Wildman–Crippen MR) is 182 cm³/mol. The van der Waals surface area contributed by atoms with Gasteiger partial charge in [0.1, 0.15) is 0 Å². The monoisotopic (exact) mass is 584 g/mol. The molecule has 0 fully saturated rings. The Hall–Kier alpha value is -4.34. The van der Waals surface area contributed by atoms with Crippen LogP contribution in [0.3, 0.4) is 0 Å². The number of nitrogens with zero attached hydrogens (tertiary/aromatic N) is 2. The molecule has 216 valence electrons. The van der Waals surface area contributed by atoms with Gasteiger partial charge in [-0.05, 0) is 88.7 Å². The third-order valence-electron chi connectivity index (χ3n) is 8.10. The Kier molecular flexibility index (Phi) is 7.18. The maximum absolute atomic E-state index is 13.9. The van der Waals surface area contributed by atoms with Gasteiger partial charge < -0.3 is 9.80 Å². The van der Waals surface area contributed by atoms with E-state index in [2.05, 4.69) is 106 Å². The van der Waals surface area contributed by atoms with Gasteiger partial charge in [0.25, 0.3) is 0 Å². The number of carbonyl (C=O) groups is 1. The third kappa shape index (κ3) is 5.70. The van der Waals surface area contributed by atoms with Crippen LogP contribution in [0.2, 0.25) is 5.02 Å².